The Hall–Kier alpha value is -2.69. The molecule has 5 heteroatoms. The van der Waals surface area contributed by atoms with E-state index in [4.69, 9.17) is 0 Å². The van der Waals surface area contributed by atoms with E-state index >= 15 is 0 Å². The standard InChI is InChI=1S/C16H16O5/c1-9-14(19)5-4-13(16(9)21)11(6-7-17)12-3-2-10(18)8-15(12)20/h2-5,7-8,11,18-21H,6H2,1H3. The topological polar surface area (TPSA) is 98.0 Å². The molecule has 4 N–H and O–H groups in total. The monoisotopic (exact) mass is 288 g/mol. The second kappa shape index (κ2) is 5.75. The van der Waals surface area contributed by atoms with Gasteiger partial charge < -0.3 is 25.2 Å². The number of rotatable bonds is 4. The third-order valence-corrected chi connectivity index (χ3v) is 3.53. The molecule has 0 fully saturated rings. The maximum Gasteiger partial charge on any atom is 0.126 e. The van der Waals surface area contributed by atoms with Crippen LogP contribution in [-0.2, 0) is 4.79 Å². The van der Waals surface area contributed by atoms with Crippen molar-refractivity contribution in [2.24, 2.45) is 0 Å². The number of phenolic OH excluding ortho intramolecular Hbond substituents is 4. The quantitative estimate of drug-likeness (QED) is 0.648. The second-order valence-electron chi connectivity index (χ2n) is 4.85. The average Bonchev–Trinajstić information content (AvgIpc) is 2.44. The van der Waals surface area contributed by atoms with E-state index in [0.29, 0.717) is 23.0 Å². The van der Waals surface area contributed by atoms with Crippen LogP contribution in [0.1, 0.15) is 29.0 Å². The normalized spacial score (nSPS) is 12.0. The molecule has 0 saturated carbocycles. The molecular weight excluding hydrogens is 272 g/mol. The van der Waals surface area contributed by atoms with Gasteiger partial charge in [-0.1, -0.05) is 12.1 Å². The van der Waals surface area contributed by atoms with Crippen LogP contribution in [0.2, 0.25) is 0 Å². The van der Waals surface area contributed by atoms with E-state index in [2.05, 4.69) is 0 Å². The molecule has 2 rings (SSSR count). The van der Waals surface area contributed by atoms with Gasteiger partial charge in [-0.25, -0.2) is 0 Å². The summed E-state index contributed by atoms with van der Waals surface area (Å²) in [6.45, 7) is 1.56. The van der Waals surface area contributed by atoms with Gasteiger partial charge in [0.1, 0.15) is 29.3 Å². The summed E-state index contributed by atoms with van der Waals surface area (Å²) in [6.07, 6.45) is 0.745. The van der Waals surface area contributed by atoms with Gasteiger partial charge in [-0.3, -0.25) is 0 Å². The molecular formula is C16H16O5. The first-order valence-corrected chi connectivity index (χ1v) is 6.42. The molecule has 0 aliphatic carbocycles. The van der Waals surface area contributed by atoms with E-state index in [-0.39, 0.29) is 29.4 Å². The number of aromatic hydroxyl groups is 4. The van der Waals surface area contributed by atoms with Crippen molar-refractivity contribution in [1.82, 2.24) is 0 Å². The lowest BCUT2D eigenvalue weighted by atomic mass is 9.86. The van der Waals surface area contributed by atoms with Gasteiger partial charge in [0.2, 0.25) is 0 Å². The predicted octanol–water partition coefficient (Wildman–Crippen LogP) is 2.54. The van der Waals surface area contributed by atoms with Gasteiger partial charge in [0.05, 0.1) is 0 Å². The molecule has 110 valence electrons. The summed E-state index contributed by atoms with van der Waals surface area (Å²) in [7, 11) is 0. The van der Waals surface area contributed by atoms with Crippen molar-refractivity contribution >= 4 is 6.29 Å². The highest BCUT2D eigenvalue weighted by molar-refractivity contribution is 5.60. The summed E-state index contributed by atoms with van der Waals surface area (Å²) in [6, 6.07) is 7.02. The zero-order chi connectivity index (χ0) is 15.6. The third-order valence-electron chi connectivity index (χ3n) is 3.53. The summed E-state index contributed by atoms with van der Waals surface area (Å²) in [5.74, 6) is -0.980. The highest BCUT2D eigenvalue weighted by Gasteiger charge is 2.22. The largest absolute Gasteiger partial charge is 0.508 e. The molecule has 2 aromatic carbocycles. The molecule has 0 amide bonds. The highest BCUT2D eigenvalue weighted by Crippen LogP contribution is 2.41. The minimum absolute atomic E-state index is 0.0453. The molecule has 0 spiro atoms. The minimum Gasteiger partial charge on any atom is -0.508 e. The summed E-state index contributed by atoms with van der Waals surface area (Å²) in [5, 5.41) is 39.1. The first-order valence-electron chi connectivity index (χ1n) is 6.42. The van der Waals surface area contributed by atoms with Crippen LogP contribution in [0.3, 0.4) is 0 Å². The molecule has 21 heavy (non-hydrogen) atoms. The van der Waals surface area contributed by atoms with Crippen molar-refractivity contribution < 1.29 is 25.2 Å². The maximum atomic E-state index is 10.9. The molecule has 0 heterocycles. The molecule has 2 aromatic rings. The van der Waals surface area contributed by atoms with Crippen molar-refractivity contribution in [1.29, 1.82) is 0 Å². The van der Waals surface area contributed by atoms with Crippen molar-refractivity contribution in [3.63, 3.8) is 0 Å². The van der Waals surface area contributed by atoms with Gasteiger partial charge in [0, 0.05) is 35.1 Å². The van der Waals surface area contributed by atoms with Crippen LogP contribution < -0.4 is 0 Å². The van der Waals surface area contributed by atoms with Crippen molar-refractivity contribution in [2.45, 2.75) is 19.3 Å². The molecule has 0 aliphatic heterocycles. The summed E-state index contributed by atoms with van der Waals surface area (Å²) in [4.78, 5) is 10.9. The fourth-order valence-corrected chi connectivity index (χ4v) is 2.34. The zero-order valence-corrected chi connectivity index (χ0v) is 11.4. The van der Waals surface area contributed by atoms with Crippen molar-refractivity contribution in [3.8, 4) is 23.0 Å². The van der Waals surface area contributed by atoms with E-state index in [1.54, 1.807) is 6.92 Å². The van der Waals surface area contributed by atoms with Crippen LogP contribution in [0.5, 0.6) is 23.0 Å². The fraction of sp³-hybridized carbons (Fsp3) is 0.188. The lowest BCUT2D eigenvalue weighted by Gasteiger charge is -2.19. The Bertz CT molecular complexity index is 679. The molecule has 0 saturated heterocycles. The van der Waals surface area contributed by atoms with E-state index in [1.165, 1.54) is 30.3 Å². The van der Waals surface area contributed by atoms with Crippen molar-refractivity contribution in [3.05, 3.63) is 47.0 Å². The van der Waals surface area contributed by atoms with Gasteiger partial charge in [-0.15, -0.1) is 0 Å². The Kier molecular flexibility index (Phi) is 4.03. The van der Waals surface area contributed by atoms with Gasteiger partial charge in [-0.05, 0) is 19.1 Å². The maximum absolute atomic E-state index is 10.9. The SMILES string of the molecule is Cc1c(O)ccc(C(CC=O)c2ccc(O)cc2O)c1O. The number of hydrogen-bond acceptors (Lipinski definition) is 5. The van der Waals surface area contributed by atoms with E-state index in [0.717, 1.165) is 0 Å². The molecule has 0 bridgehead atoms. The van der Waals surface area contributed by atoms with E-state index < -0.39 is 5.92 Å². The number of carbonyl (C=O) groups excluding carboxylic acids is 1. The number of carbonyl (C=O) groups is 1. The van der Waals surface area contributed by atoms with Crippen LogP contribution >= 0.6 is 0 Å². The van der Waals surface area contributed by atoms with E-state index in [9.17, 15) is 25.2 Å². The molecule has 1 atom stereocenters. The molecule has 0 aliphatic rings. The van der Waals surface area contributed by atoms with Gasteiger partial charge in [0.25, 0.3) is 0 Å². The number of aldehydes is 1. The number of benzene rings is 2. The summed E-state index contributed by atoms with van der Waals surface area (Å²) < 4.78 is 0. The molecule has 0 aromatic heterocycles. The Morgan fingerprint density at radius 3 is 2.29 bits per heavy atom. The first kappa shape index (κ1) is 14.7. The van der Waals surface area contributed by atoms with Crippen LogP contribution in [0.25, 0.3) is 0 Å². The number of hydrogen-bond donors (Lipinski definition) is 4. The molecule has 0 radical (unpaired) electrons. The molecule has 5 nitrogen and oxygen atoms in total. The molecule has 1 unspecified atom stereocenters. The minimum atomic E-state index is -0.567. The second-order valence-corrected chi connectivity index (χ2v) is 4.85. The zero-order valence-electron chi connectivity index (χ0n) is 11.4. The Morgan fingerprint density at radius 2 is 1.67 bits per heavy atom. The van der Waals surface area contributed by atoms with Gasteiger partial charge >= 0.3 is 0 Å². The Balaban J connectivity index is 2.58. The van der Waals surface area contributed by atoms with Gasteiger partial charge in [0.15, 0.2) is 0 Å². The smallest absolute Gasteiger partial charge is 0.126 e. The average molecular weight is 288 g/mol. The highest BCUT2D eigenvalue weighted by atomic mass is 16.3. The van der Waals surface area contributed by atoms with Crippen LogP contribution in [0.4, 0.5) is 0 Å². The van der Waals surface area contributed by atoms with Gasteiger partial charge in [-0.2, -0.15) is 0 Å². The van der Waals surface area contributed by atoms with Crippen LogP contribution in [0, 0.1) is 6.92 Å². The summed E-state index contributed by atoms with van der Waals surface area (Å²) >= 11 is 0. The summed E-state index contributed by atoms with van der Waals surface area (Å²) in [5.41, 5.74) is 1.15. The lowest BCUT2D eigenvalue weighted by molar-refractivity contribution is -0.108. The number of phenols is 4. The Labute approximate surface area is 121 Å². The fourth-order valence-electron chi connectivity index (χ4n) is 2.34. The van der Waals surface area contributed by atoms with Crippen LogP contribution in [-0.4, -0.2) is 26.7 Å². The predicted molar refractivity (Wildman–Crippen MR) is 76.8 cm³/mol. The van der Waals surface area contributed by atoms with Crippen molar-refractivity contribution in [2.75, 3.05) is 0 Å². The first-order chi connectivity index (χ1) is 9.95. The lowest BCUT2D eigenvalue weighted by Crippen LogP contribution is -2.03. The Morgan fingerprint density at radius 1 is 1.00 bits per heavy atom. The third kappa shape index (κ3) is 2.76. The van der Waals surface area contributed by atoms with E-state index in [1.807, 2.05) is 0 Å². The van der Waals surface area contributed by atoms with Crippen LogP contribution in [0.15, 0.2) is 30.3 Å².